The molecular formula is C24H21NO4. The van der Waals surface area contributed by atoms with Crippen LogP contribution in [-0.4, -0.2) is 29.9 Å². The zero-order valence-electron chi connectivity index (χ0n) is 15.9. The fourth-order valence-electron chi connectivity index (χ4n) is 3.23. The Morgan fingerprint density at radius 1 is 0.655 bits per heavy atom. The number of imide groups is 1. The quantitative estimate of drug-likeness (QED) is 0.426. The minimum Gasteiger partial charge on any atom is -0.494 e. The Morgan fingerprint density at radius 3 is 1.83 bits per heavy atom. The Labute approximate surface area is 169 Å². The van der Waals surface area contributed by atoms with Gasteiger partial charge in [0.05, 0.1) is 17.7 Å². The van der Waals surface area contributed by atoms with Crippen molar-refractivity contribution in [2.24, 2.45) is 0 Å². The zero-order chi connectivity index (χ0) is 20.1. The molecule has 0 unspecified atom stereocenters. The highest BCUT2D eigenvalue weighted by atomic mass is 16.5. The van der Waals surface area contributed by atoms with E-state index in [9.17, 15) is 9.59 Å². The Balaban J connectivity index is 1.22. The summed E-state index contributed by atoms with van der Waals surface area (Å²) in [6, 6.07) is 24.3. The molecule has 5 nitrogen and oxygen atoms in total. The zero-order valence-corrected chi connectivity index (χ0v) is 15.9. The number of ether oxygens (including phenoxy) is 2. The van der Waals surface area contributed by atoms with Crippen molar-refractivity contribution in [3.8, 4) is 11.5 Å². The van der Waals surface area contributed by atoms with E-state index in [4.69, 9.17) is 9.47 Å². The smallest absolute Gasteiger partial charge is 0.261 e. The van der Waals surface area contributed by atoms with Crippen LogP contribution in [0.5, 0.6) is 11.5 Å². The molecule has 0 radical (unpaired) electrons. The standard InChI is InChI=1S/C24H21NO4/c26-23-21-9-4-5-10-22(21)24(27)25(23)15-6-16-28-19-11-13-20(14-12-19)29-17-18-7-2-1-3-8-18/h1-5,7-14H,6,15-17H2. The fourth-order valence-corrected chi connectivity index (χ4v) is 3.23. The number of carbonyl (C=O) groups is 2. The summed E-state index contributed by atoms with van der Waals surface area (Å²) in [4.78, 5) is 25.9. The normalized spacial score (nSPS) is 12.8. The van der Waals surface area contributed by atoms with Crippen molar-refractivity contribution in [2.75, 3.05) is 13.2 Å². The molecule has 0 spiro atoms. The van der Waals surface area contributed by atoms with Gasteiger partial charge < -0.3 is 9.47 Å². The lowest BCUT2D eigenvalue weighted by atomic mass is 10.1. The molecular weight excluding hydrogens is 366 g/mol. The van der Waals surface area contributed by atoms with Gasteiger partial charge in [0.15, 0.2) is 0 Å². The maximum atomic E-state index is 12.3. The van der Waals surface area contributed by atoms with Gasteiger partial charge in [-0.1, -0.05) is 42.5 Å². The maximum Gasteiger partial charge on any atom is 0.261 e. The van der Waals surface area contributed by atoms with Gasteiger partial charge in [0.25, 0.3) is 11.8 Å². The number of carbonyl (C=O) groups excluding carboxylic acids is 2. The molecule has 1 aliphatic rings. The molecule has 3 aromatic carbocycles. The first-order valence-corrected chi connectivity index (χ1v) is 9.57. The summed E-state index contributed by atoms with van der Waals surface area (Å²) in [5.74, 6) is 1.03. The van der Waals surface area contributed by atoms with Crippen LogP contribution in [0.4, 0.5) is 0 Å². The molecule has 0 fully saturated rings. The molecule has 3 aromatic rings. The molecule has 0 saturated heterocycles. The van der Waals surface area contributed by atoms with Crippen LogP contribution in [0.15, 0.2) is 78.9 Å². The third-order valence-corrected chi connectivity index (χ3v) is 4.75. The van der Waals surface area contributed by atoms with Crippen LogP contribution in [0.3, 0.4) is 0 Å². The molecule has 1 heterocycles. The van der Waals surface area contributed by atoms with Gasteiger partial charge in [-0.05, 0) is 48.4 Å². The van der Waals surface area contributed by atoms with E-state index >= 15 is 0 Å². The van der Waals surface area contributed by atoms with Crippen molar-refractivity contribution >= 4 is 11.8 Å². The predicted molar refractivity (Wildman–Crippen MR) is 109 cm³/mol. The van der Waals surface area contributed by atoms with Gasteiger partial charge in [-0.3, -0.25) is 14.5 Å². The molecule has 0 atom stereocenters. The molecule has 29 heavy (non-hydrogen) atoms. The summed E-state index contributed by atoms with van der Waals surface area (Å²) in [7, 11) is 0. The van der Waals surface area contributed by atoms with Crippen LogP contribution in [0.25, 0.3) is 0 Å². The minimum atomic E-state index is -0.231. The maximum absolute atomic E-state index is 12.3. The molecule has 2 amide bonds. The molecule has 0 aromatic heterocycles. The van der Waals surface area contributed by atoms with Gasteiger partial charge in [0.2, 0.25) is 0 Å². The highest BCUT2D eigenvalue weighted by molar-refractivity contribution is 6.21. The molecule has 4 rings (SSSR count). The van der Waals surface area contributed by atoms with Crippen LogP contribution in [-0.2, 0) is 6.61 Å². The molecule has 5 heteroatoms. The summed E-state index contributed by atoms with van der Waals surface area (Å²) in [5.41, 5.74) is 2.06. The van der Waals surface area contributed by atoms with E-state index in [1.165, 1.54) is 4.90 Å². The van der Waals surface area contributed by atoms with Gasteiger partial charge in [0.1, 0.15) is 18.1 Å². The monoisotopic (exact) mass is 387 g/mol. The van der Waals surface area contributed by atoms with Crippen molar-refractivity contribution in [2.45, 2.75) is 13.0 Å². The highest BCUT2D eigenvalue weighted by Crippen LogP contribution is 2.23. The van der Waals surface area contributed by atoms with Crippen molar-refractivity contribution in [1.29, 1.82) is 0 Å². The summed E-state index contributed by atoms with van der Waals surface area (Å²) < 4.78 is 11.5. The molecule has 0 N–H and O–H groups in total. The molecule has 0 aliphatic carbocycles. The molecule has 1 aliphatic heterocycles. The summed E-state index contributed by atoms with van der Waals surface area (Å²) in [6.45, 7) is 1.27. The van der Waals surface area contributed by atoms with Crippen molar-refractivity contribution in [3.05, 3.63) is 95.6 Å². The first kappa shape index (κ1) is 18.7. The van der Waals surface area contributed by atoms with E-state index < -0.39 is 0 Å². The van der Waals surface area contributed by atoms with E-state index in [1.54, 1.807) is 24.3 Å². The van der Waals surface area contributed by atoms with Crippen LogP contribution in [0, 0.1) is 0 Å². The highest BCUT2D eigenvalue weighted by Gasteiger charge is 2.34. The van der Waals surface area contributed by atoms with E-state index in [-0.39, 0.29) is 11.8 Å². The number of hydrogen-bond donors (Lipinski definition) is 0. The number of amides is 2. The third kappa shape index (κ3) is 4.29. The average Bonchev–Trinajstić information content (AvgIpc) is 3.02. The number of hydrogen-bond acceptors (Lipinski definition) is 4. The van der Waals surface area contributed by atoms with Crippen LogP contribution in [0.1, 0.15) is 32.7 Å². The van der Waals surface area contributed by atoms with Gasteiger partial charge in [-0.15, -0.1) is 0 Å². The summed E-state index contributed by atoms with van der Waals surface area (Å²) >= 11 is 0. The largest absolute Gasteiger partial charge is 0.494 e. The van der Waals surface area contributed by atoms with Gasteiger partial charge in [-0.2, -0.15) is 0 Å². The lowest BCUT2D eigenvalue weighted by Crippen LogP contribution is -2.31. The molecule has 0 saturated carbocycles. The van der Waals surface area contributed by atoms with Gasteiger partial charge >= 0.3 is 0 Å². The Kier molecular flexibility index (Phi) is 5.56. The fraction of sp³-hybridized carbons (Fsp3) is 0.167. The lowest BCUT2D eigenvalue weighted by molar-refractivity contribution is 0.0646. The molecule has 0 bridgehead atoms. The number of rotatable bonds is 8. The van der Waals surface area contributed by atoms with E-state index in [2.05, 4.69) is 0 Å². The third-order valence-electron chi connectivity index (χ3n) is 4.75. The summed E-state index contributed by atoms with van der Waals surface area (Å²) in [5, 5.41) is 0. The first-order valence-electron chi connectivity index (χ1n) is 9.57. The van der Waals surface area contributed by atoms with E-state index in [0.29, 0.717) is 37.3 Å². The second-order valence-corrected chi connectivity index (χ2v) is 6.76. The van der Waals surface area contributed by atoms with E-state index in [1.807, 2.05) is 54.6 Å². The van der Waals surface area contributed by atoms with Crippen molar-refractivity contribution in [3.63, 3.8) is 0 Å². The Bertz CT molecular complexity index is 964. The minimum absolute atomic E-state index is 0.231. The van der Waals surface area contributed by atoms with Gasteiger partial charge in [-0.25, -0.2) is 0 Å². The van der Waals surface area contributed by atoms with Crippen LogP contribution >= 0.6 is 0 Å². The first-order chi connectivity index (χ1) is 14.2. The Morgan fingerprint density at radius 2 is 1.21 bits per heavy atom. The average molecular weight is 387 g/mol. The van der Waals surface area contributed by atoms with Crippen LogP contribution in [0.2, 0.25) is 0 Å². The van der Waals surface area contributed by atoms with Crippen molar-refractivity contribution < 1.29 is 19.1 Å². The SMILES string of the molecule is O=C1c2ccccc2C(=O)N1CCCOc1ccc(OCc2ccccc2)cc1. The lowest BCUT2D eigenvalue weighted by Gasteiger charge is -2.14. The second-order valence-electron chi connectivity index (χ2n) is 6.76. The van der Waals surface area contributed by atoms with Crippen molar-refractivity contribution in [1.82, 2.24) is 4.90 Å². The number of fused-ring (bicyclic) bond motifs is 1. The topological polar surface area (TPSA) is 55.8 Å². The number of benzene rings is 3. The second kappa shape index (κ2) is 8.61. The van der Waals surface area contributed by atoms with Crippen LogP contribution < -0.4 is 9.47 Å². The number of nitrogens with zero attached hydrogens (tertiary/aromatic N) is 1. The molecule has 146 valence electrons. The predicted octanol–water partition coefficient (Wildman–Crippen LogP) is 4.33. The Hall–Kier alpha value is -3.60. The summed E-state index contributed by atoms with van der Waals surface area (Å²) in [6.07, 6.45) is 0.567. The van der Waals surface area contributed by atoms with E-state index in [0.717, 1.165) is 17.1 Å². The van der Waals surface area contributed by atoms with Gasteiger partial charge in [0, 0.05) is 6.54 Å².